The number of hydrogen-bond acceptors (Lipinski definition) is 2. The van der Waals surface area contributed by atoms with E-state index in [-0.39, 0.29) is 0 Å². The van der Waals surface area contributed by atoms with E-state index in [1.807, 2.05) is 12.1 Å². The highest BCUT2D eigenvalue weighted by atomic mass is 14.9. The van der Waals surface area contributed by atoms with Crippen LogP contribution in [0.3, 0.4) is 0 Å². The fourth-order valence-electron chi connectivity index (χ4n) is 0.737. The normalized spacial score (nSPS) is 9.18. The van der Waals surface area contributed by atoms with E-state index < -0.39 is 0 Å². The van der Waals surface area contributed by atoms with Crippen LogP contribution in [0, 0.1) is 5.41 Å². The Morgan fingerprint density at radius 1 is 1.73 bits per heavy atom. The molecule has 0 saturated heterocycles. The molecule has 0 atom stereocenters. The minimum absolute atomic E-state index is 0.480. The highest BCUT2D eigenvalue weighted by Crippen LogP contribution is 1.93. The predicted octanol–water partition coefficient (Wildman–Crippen LogP) is 1.17. The Morgan fingerprint density at radius 2 is 2.55 bits per heavy atom. The Bertz CT molecular complexity index is 230. The standard InChI is InChI=1S/C8H11N3/c1-7(9)11-6-8-3-2-4-10-5-8/h2-5H,6H2,1H3,(H2,9,11). The van der Waals surface area contributed by atoms with Crippen LogP contribution in [-0.2, 0) is 6.54 Å². The van der Waals surface area contributed by atoms with Crippen LogP contribution in [0.4, 0.5) is 0 Å². The predicted molar refractivity (Wildman–Crippen MR) is 44.5 cm³/mol. The van der Waals surface area contributed by atoms with Gasteiger partial charge in [0, 0.05) is 18.9 Å². The summed E-state index contributed by atoms with van der Waals surface area (Å²) in [4.78, 5) is 3.95. The molecule has 3 heteroatoms. The SMILES string of the molecule is CC(=N)NCc1cccnc1. The molecule has 0 saturated carbocycles. The summed E-state index contributed by atoms with van der Waals surface area (Å²) in [6, 6.07) is 3.86. The molecule has 0 aliphatic rings. The zero-order chi connectivity index (χ0) is 8.10. The van der Waals surface area contributed by atoms with Gasteiger partial charge in [0.1, 0.15) is 0 Å². The molecule has 1 rings (SSSR count). The van der Waals surface area contributed by atoms with Crippen LogP contribution in [-0.4, -0.2) is 10.8 Å². The summed E-state index contributed by atoms with van der Waals surface area (Å²) < 4.78 is 0. The van der Waals surface area contributed by atoms with Gasteiger partial charge in [-0.25, -0.2) is 0 Å². The molecule has 3 nitrogen and oxygen atoms in total. The van der Waals surface area contributed by atoms with Crippen molar-refractivity contribution >= 4 is 5.84 Å². The smallest absolute Gasteiger partial charge is 0.0902 e. The topological polar surface area (TPSA) is 48.8 Å². The van der Waals surface area contributed by atoms with Gasteiger partial charge in [-0.15, -0.1) is 0 Å². The maximum Gasteiger partial charge on any atom is 0.0902 e. The monoisotopic (exact) mass is 149 g/mol. The summed E-state index contributed by atoms with van der Waals surface area (Å²) in [7, 11) is 0. The second kappa shape index (κ2) is 3.71. The van der Waals surface area contributed by atoms with E-state index in [1.165, 1.54) is 0 Å². The van der Waals surface area contributed by atoms with Crippen molar-refractivity contribution in [3.8, 4) is 0 Å². The van der Waals surface area contributed by atoms with E-state index in [2.05, 4.69) is 10.3 Å². The van der Waals surface area contributed by atoms with Crippen LogP contribution in [0.25, 0.3) is 0 Å². The Balaban J connectivity index is 2.45. The second-order valence-corrected chi connectivity index (χ2v) is 2.34. The molecule has 0 aromatic carbocycles. The average molecular weight is 149 g/mol. The van der Waals surface area contributed by atoms with Gasteiger partial charge in [-0.05, 0) is 18.6 Å². The van der Waals surface area contributed by atoms with Crippen LogP contribution in [0.2, 0.25) is 0 Å². The van der Waals surface area contributed by atoms with E-state index in [0.29, 0.717) is 12.4 Å². The molecule has 0 unspecified atom stereocenters. The lowest BCUT2D eigenvalue weighted by Crippen LogP contribution is -2.18. The first-order valence-corrected chi connectivity index (χ1v) is 3.47. The molecule has 0 aliphatic carbocycles. The lowest BCUT2D eigenvalue weighted by atomic mass is 10.3. The molecule has 1 aromatic rings. The van der Waals surface area contributed by atoms with Crippen molar-refractivity contribution in [3.05, 3.63) is 30.1 Å². The van der Waals surface area contributed by atoms with Crippen LogP contribution in [0.15, 0.2) is 24.5 Å². The van der Waals surface area contributed by atoms with Gasteiger partial charge in [0.05, 0.1) is 5.84 Å². The van der Waals surface area contributed by atoms with E-state index in [9.17, 15) is 0 Å². The van der Waals surface area contributed by atoms with Gasteiger partial charge < -0.3 is 5.32 Å². The minimum atomic E-state index is 0.480. The Labute approximate surface area is 66.0 Å². The third-order valence-electron chi connectivity index (χ3n) is 1.28. The molecule has 0 spiro atoms. The Hall–Kier alpha value is -1.38. The van der Waals surface area contributed by atoms with Crippen LogP contribution >= 0.6 is 0 Å². The lowest BCUT2D eigenvalue weighted by Gasteiger charge is -2.01. The molecule has 0 bridgehead atoms. The number of amidine groups is 1. The van der Waals surface area contributed by atoms with Crippen molar-refractivity contribution in [1.82, 2.24) is 10.3 Å². The summed E-state index contributed by atoms with van der Waals surface area (Å²) in [6.07, 6.45) is 3.52. The van der Waals surface area contributed by atoms with Gasteiger partial charge in [0.25, 0.3) is 0 Å². The summed E-state index contributed by atoms with van der Waals surface area (Å²) in [5, 5.41) is 10.0. The van der Waals surface area contributed by atoms with Crippen molar-refractivity contribution in [2.45, 2.75) is 13.5 Å². The van der Waals surface area contributed by atoms with Crippen LogP contribution in [0.5, 0.6) is 0 Å². The minimum Gasteiger partial charge on any atom is -0.370 e. The maximum atomic E-state index is 7.11. The molecule has 2 N–H and O–H groups in total. The van der Waals surface area contributed by atoms with Crippen molar-refractivity contribution in [3.63, 3.8) is 0 Å². The van der Waals surface area contributed by atoms with E-state index in [1.54, 1.807) is 19.3 Å². The Kier molecular flexibility index (Phi) is 2.60. The van der Waals surface area contributed by atoms with Crippen molar-refractivity contribution in [2.24, 2.45) is 0 Å². The van der Waals surface area contributed by atoms with Crippen molar-refractivity contribution < 1.29 is 0 Å². The molecule has 11 heavy (non-hydrogen) atoms. The van der Waals surface area contributed by atoms with Crippen LogP contribution in [0.1, 0.15) is 12.5 Å². The quantitative estimate of drug-likeness (QED) is 0.490. The molecule has 0 fully saturated rings. The lowest BCUT2D eigenvalue weighted by molar-refractivity contribution is 0.895. The summed E-state index contributed by atoms with van der Waals surface area (Å²) in [6.45, 7) is 2.40. The fourth-order valence-corrected chi connectivity index (χ4v) is 0.737. The fraction of sp³-hybridized carbons (Fsp3) is 0.250. The van der Waals surface area contributed by atoms with Gasteiger partial charge in [-0.2, -0.15) is 0 Å². The largest absolute Gasteiger partial charge is 0.370 e. The molecule has 58 valence electrons. The van der Waals surface area contributed by atoms with Gasteiger partial charge >= 0.3 is 0 Å². The van der Waals surface area contributed by atoms with Gasteiger partial charge in [0.15, 0.2) is 0 Å². The number of rotatable bonds is 2. The maximum absolute atomic E-state index is 7.11. The van der Waals surface area contributed by atoms with E-state index >= 15 is 0 Å². The summed E-state index contributed by atoms with van der Waals surface area (Å²) >= 11 is 0. The molecule has 0 radical (unpaired) electrons. The molecule has 0 aliphatic heterocycles. The van der Waals surface area contributed by atoms with Gasteiger partial charge in [-0.1, -0.05) is 6.07 Å². The van der Waals surface area contributed by atoms with Gasteiger partial charge in [0.2, 0.25) is 0 Å². The van der Waals surface area contributed by atoms with E-state index in [4.69, 9.17) is 5.41 Å². The molecule has 1 heterocycles. The zero-order valence-electron chi connectivity index (χ0n) is 6.46. The number of nitrogens with one attached hydrogen (secondary N) is 2. The molecule has 0 amide bonds. The number of aromatic nitrogens is 1. The van der Waals surface area contributed by atoms with Gasteiger partial charge in [-0.3, -0.25) is 10.4 Å². The third kappa shape index (κ3) is 2.80. The Morgan fingerprint density at radius 3 is 3.09 bits per heavy atom. The average Bonchev–Trinajstić information content (AvgIpc) is 2.03. The molecular formula is C8H11N3. The number of nitrogens with zero attached hydrogens (tertiary/aromatic N) is 1. The molecule has 1 aromatic heterocycles. The third-order valence-corrected chi connectivity index (χ3v) is 1.28. The zero-order valence-corrected chi connectivity index (χ0v) is 6.46. The van der Waals surface area contributed by atoms with E-state index in [0.717, 1.165) is 5.56 Å². The van der Waals surface area contributed by atoms with Crippen LogP contribution < -0.4 is 5.32 Å². The number of pyridine rings is 1. The number of hydrogen-bond donors (Lipinski definition) is 2. The summed E-state index contributed by atoms with van der Waals surface area (Å²) in [5.41, 5.74) is 1.10. The summed E-state index contributed by atoms with van der Waals surface area (Å²) in [5.74, 6) is 0.480. The first-order valence-electron chi connectivity index (χ1n) is 3.47. The van der Waals surface area contributed by atoms with Crippen molar-refractivity contribution in [1.29, 1.82) is 5.41 Å². The highest BCUT2D eigenvalue weighted by Gasteiger charge is 1.89. The second-order valence-electron chi connectivity index (χ2n) is 2.34. The first-order chi connectivity index (χ1) is 5.29. The highest BCUT2D eigenvalue weighted by molar-refractivity contribution is 5.75. The molecular weight excluding hydrogens is 138 g/mol. The first kappa shape index (κ1) is 7.72. The van der Waals surface area contributed by atoms with Crippen molar-refractivity contribution in [2.75, 3.05) is 0 Å².